The molecule has 3 heteroatoms. The van der Waals surface area contributed by atoms with E-state index in [0.29, 0.717) is 6.42 Å². The van der Waals surface area contributed by atoms with Gasteiger partial charge in [-0.2, -0.15) is 5.26 Å². The van der Waals surface area contributed by atoms with Gasteiger partial charge < -0.3 is 5.32 Å². The third-order valence-electron chi connectivity index (χ3n) is 2.45. The lowest BCUT2D eigenvalue weighted by atomic mass is 10.0. The van der Waals surface area contributed by atoms with Gasteiger partial charge in [-0.05, 0) is 24.5 Å². The second kappa shape index (κ2) is 3.51. The smallest absolute Gasteiger partial charge is 0.241 e. The van der Waals surface area contributed by atoms with Crippen LogP contribution in [0.2, 0.25) is 0 Å². The zero-order valence-corrected chi connectivity index (χ0v) is 7.66. The largest absolute Gasteiger partial charge is 0.325 e. The van der Waals surface area contributed by atoms with Crippen LogP contribution in [-0.2, 0) is 11.2 Å². The van der Waals surface area contributed by atoms with Gasteiger partial charge in [-0.15, -0.1) is 0 Å². The van der Waals surface area contributed by atoms with Gasteiger partial charge in [-0.3, -0.25) is 4.79 Å². The number of para-hydroxylation sites is 1. The van der Waals surface area contributed by atoms with Crippen molar-refractivity contribution in [1.82, 2.24) is 0 Å². The highest BCUT2D eigenvalue weighted by atomic mass is 16.1. The zero-order chi connectivity index (χ0) is 9.97. The molecule has 0 aliphatic carbocycles. The lowest BCUT2D eigenvalue weighted by Gasteiger charge is -2.05. The van der Waals surface area contributed by atoms with E-state index in [2.05, 4.69) is 5.32 Å². The maximum Gasteiger partial charge on any atom is 0.241 e. The SMILES string of the molecule is N#CC1CCc2ccccc2NC1=O. The van der Waals surface area contributed by atoms with Gasteiger partial charge in [0.2, 0.25) is 5.91 Å². The van der Waals surface area contributed by atoms with Crippen molar-refractivity contribution >= 4 is 11.6 Å². The number of amides is 1. The predicted molar refractivity (Wildman–Crippen MR) is 52.5 cm³/mol. The Hall–Kier alpha value is -1.82. The summed E-state index contributed by atoms with van der Waals surface area (Å²) in [5.41, 5.74) is 1.95. The van der Waals surface area contributed by atoms with Crippen molar-refractivity contribution in [3.8, 4) is 6.07 Å². The normalized spacial score (nSPS) is 20.2. The molecule has 1 aromatic rings. The lowest BCUT2D eigenvalue weighted by molar-refractivity contribution is -0.118. The maximum absolute atomic E-state index is 11.5. The molecule has 0 aromatic heterocycles. The molecule has 0 bridgehead atoms. The van der Waals surface area contributed by atoms with Crippen LogP contribution < -0.4 is 5.32 Å². The molecule has 0 fully saturated rings. The molecule has 1 atom stereocenters. The number of carbonyl (C=O) groups is 1. The van der Waals surface area contributed by atoms with Crippen LogP contribution in [0.25, 0.3) is 0 Å². The fourth-order valence-corrected chi connectivity index (χ4v) is 1.63. The van der Waals surface area contributed by atoms with Gasteiger partial charge in [-0.1, -0.05) is 18.2 Å². The van der Waals surface area contributed by atoms with E-state index in [1.165, 1.54) is 0 Å². The summed E-state index contributed by atoms with van der Waals surface area (Å²) in [7, 11) is 0. The number of hydrogen-bond donors (Lipinski definition) is 1. The lowest BCUT2D eigenvalue weighted by Crippen LogP contribution is -2.19. The minimum Gasteiger partial charge on any atom is -0.325 e. The van der Waals surface area contributed by atoms with Crippen molar-refractivity contribution in [2.24, 2.45) is 5.92 Å². The first kappa shape index (κ1) is 8.76. The number of benzene rings is 1. The first-order chi connectivity index (χ1) is 6.81. The highest BCUT2D eigenvalue weighted by molar-refractivity contribution is 5.95. The van der Waals surface area contributed by atoms with Crippen molar-refractivity contribution < 1.29 is 4.79 Å². The van der Waals surface area contributed by atoms with Gasteiger partial charge in [0.15, 0.2) is 0 Å². The molecular formula is C11H10N2O. The Balaban J connectivity index is 2.33. The Bertz CT molecular complexity index is 406. The van der Waals surface area contributed by atoms with Gasteiger partial charge in [0.25, 0.3) is 0 Å². The van der Waals surface area contributed by atoms with Gasteiger partial charge in [0.1, 0.15) is 5.92 Å². The second-order valence-electron chi connectivity index (χ2n) is 3.37. The predicted octanol–water partition coefficient (Wildman–Crippen LogP) is 1.71. The average molecular weight is 186 g/mol. The van der Waals surface area contributed by atoms with Crippen LogP contribution in [0.15, 0.2) is 24.3 Å². The second-order valence-corrected chi connectivity index (χ2v) is 3.37. The summed E-state index contributed by atoms with van der Waals surface area (Å²) in [6.45, 7) is 0. The fraction of sp³-hybridized carbons (Fsp3) is 0.273. The summed E-state index contributed by atoms with van der Waals surface area (Å²) in [5, 5.41) is 11.5. The summed E-state index contributed by atoms with van der Waals surface area (Å²) < 4.78 is 0. The van der Waals surface area contributed by atoms with Crippen molar-refractivity contribution in [1.29, 1.82) is 5.26 Å². The van der Waals surface area contributed by atoms with Crippen LogP contribution in [-0.4, -0.2) is 5.91 Å². The Kier molecular flexibility index (Phi) is 2.19. The van der Waals surface area contributed by atoms with E-state index in [1.807, 2.05) is 30.3 Å². The molecule has 1 aliphatic rings. The van der Waals surface area contributed by atoms with E-state index in [0.717, 1.165) is 17.7 Å². The molecule has 1 aliphatic heterocycles. The van der Waals surface area contributed by atoms with Crippen molar-refractivity contribution in [3.05, 3.63) is 29.8 Å². The number of nitrogens with zero attached hydrogens (tertiary/aromatic N) is 1. The first-order valence-electron chi connectivity index (χ1n) is 4.59. The summed E-state index contributed by atoms with van der Waals surface area (Å²) in [6, 6.07) is 9.69. The first-order valence-corrected chi connectivity index (χ1v) is 4.59. The summed E-state index contributed by atoms with van der Waals surface area (Å²) in [6.07, 6.45) is 1.40. The van der Waals surface area contributed by atoms with Crippen LogP contribution >= 0.6 is 0 Å². The third-order valence-corrected chi connectivity index (χ3v) is 2.45. The standard InChI is InChI=1S/C11H10N2O/c12-7-9-6-5-8-3-1-2-4-10(8)13-11(9)14/h1-4,9H,5-6H2,(H,13,14). The van der Waals surface area contributed by atoms with E-state index < -0.39 is 5.92 Å². The molecule has 70 valence electrons. The number of hydrogen-bond acceptors (Lipinski definition) is 2. The molecule has 0 radical (unpaired) electrons. The Morgan fingerprint density at radius 3 is 3.00 bits per heavy atom. The van der Waals surface area contributed by atoms with E-state index in [1.54, 1.807) is 0 Å². The van der Waals surface area contributed by atoms with E-state index in [9.17, 15) is 4.79 Å². The molecule has 0 saturated heterocycles. The molecule has 1 aromatic carbocycles. The third kappa shape index (κ3) is 1.47. The number of fused-ring (bicyclic) bond motifs is 1. The Morgan fingerprint density at radius 2 is 2.21 bits per heavy atom. The van der Waals surface area contributed by atoms with Crippen molar-refractivity contribution in [3.63, 3.8) is 0 Å². The van der Waals surface area contributed by atoms with Gasteiger partial charge >= 0.3 is 0 Å². The molecule has 14 heavy (non-hydrogen) atoms. The van der Waals surface area contributed by atoms with Gasteiger partial charge in [0.05, 0.1) is 6.07 Å². The quantitative estimate of drug-likeness (QED) is 0.670. The van der Waals surface area contributed by atoms with E-state index in [4.69, 9.17) is 5.26 Å². The van der Waals surface area contributed by atoms with Gasteiger partial charge in [-0.25, -0.2) is 0 Å². The zero-order valence-electron chi connectivity index (χ0n) is 7.66. The molecule has 2 rings (SSSR count). The highest BCUT2D eigenvalue weighted by Gasteiger charge is 2.22. The minimum atomic E-state index is -0.512. The highest BCUT2D eigenvalue weighted by Crippen LogP contribution is 2.23. The van der Waals surface area contributed by atoms with Crippen LogP contribution in [0.1, 0.15) is 12.0 Å². The summed E-state index contributed by atoms with van der Waals surface area (Å²) >= 11 is 0. The molecular weight excluding hydrogens is 176 g/mol. The van der Waals surface area contributed by atoms with E-state index in [-0.39, 0.29) is 5.91 Å². The Labute approximate surface area is 82.4 Å². The minimum absolute atomic E-state index is 0.183. The van der Waals surface area contributed by atoms with Crippen molar-refractivity contribution in [2.45, 2.75) is 12.8 Å². The number of anilines is 1. The summed E-state index contributed by atoms with van der Waals surface area (Å²) in [4.78, 5) is 11.5. The van der Waals surface area contributed by atoms with Crippen molar-refractivity contribution in [2.75, 3.05) is 5.32 Å². The molecule has 1 heterocycles. The van der Waals surface area contributed by atoms with Crippen LogP contribution in [0.3, 0.4) is 0 Å². The number of carbonyl (C=O) groups excluding carboxylic acids is 1. The molecule has 1 N–H and O–H groups in total. The molecule has 1 amide bonds. The Morgan fingerprint density at radius 1 is 1.43 bits per heavy atom. The van der Waals surface area contributed by atoms with Gasteiger partial charge in [0, 0.05) is 5.69 Å². The molecule has 0 spiro atoms. The number of nitrogens with one attached hydrogen (secondary N) is 1. The fourth-order valence-electron chi connectivity index (χ4n) is 1.63. The molecule has 1 unspecified atom stereocenters. The molecule has 0 saturated carbocycles. The monoisotopic (exact) mass is 186 g/mol. The summed E-state index contributed by atoms with van der Waals surface area (Å²) in [5.74, 6) is -0.695. The van der Waals surface area contributed by atoms with Crippen LogP contribution in [0.4, 0.5) is 5.69 Å². The van der Waals surface area contributed by atoms with Crippen LogP contribution in [0, 0.1) is 17.2 Å². The van der Waals surface area contributed by atoms with Crippen LogP contribution in [0.5, 0.6) is 0 Å². The number of aryl methyl sites for hydroxylation is 1. The maximum atomic E-state index is 11.5. The number of rotatable bonds is 0. The topological polar surface area (TPSA) is 52.9 Å². The average Bonchev–Trinajstić information content (AvgIpc) is 2.36. The molecule has 3 nitrogen and oxygen atoms in total. The van der Waals surface area contributed by atoms with E-state index >= 15 is 0 Å². The number of nitriles is 1.